The summed E-state index contributed by atoms with van der Waals surface area (Å²) in [5.41, 5.74) is -2.44. The molecule has 2 aromatic rings. The summed E-state index contributed by atoms with van der Waals surface area (Å²) in [6.45, 7) is -1.82. The molecule has 2 heterocycles. The third-order valence-corrected chi connectivity index (χ3v) is 4.44. The number of benzene rings is 1. The fourth-order valence-electron chi connectivity index (χ4n) is 2.95. The molecule has 3 rings (SSSR count). The second-order valence-corrected chi connectivity index (χ2v) is 6.23. The number of aliphatic hydroxyl groups is 3. The molecular weight excluding hydrogens is 366 g/mol. The highest BCUT2D eigenvalue weighted by Gasteiger charge is 2.44. The average Bonchev–Trinajstić information content (AvgIpc) is 2.94. The fourth-order valence-corrected chi connectivity index (χ4v) is 2.95. The van der Waals surface area contributed by atoms with Crippen LogP contribution in [-0.4, -0.2) is 49.4 Å². The van der Waals surface area contributed by atoms with Crippen LogP contribution >= 0.6 is 0 Å². The van der Waals surface area contributed by atoms with Crippen molar-refractivity contribution >= 4 is 0 Å². The van der Waals surface area contributed by atoms with Crippen LogP contribution in [0.3, 0.4) is 0 Å². The van der Waals surface area contributed by atoms with Gasteiger partial charge in [-0.1, -0.05) is 30.3 Å². The van der Waals surface area contributed by atoms with Crippen LogP contribution in [0.25, 0.3) is 0 Å². The molecule has 1 saturated heterocycles. The van der Waals surface area contributed by atoms with Crippen LogP contribution in [0.5, 0.6) is 0 Å². The highest BCUT2D eigenvalue weighted by molar-refractivity contribution is 5.19. The molecule has 1 aliphatic heterocycles. The average molecular weight is 384 g/mol. The summed E-state index contributed by atoms with van der Waals surface area (Å²) < 4.78 is 35.3. The Bertz CT molecular complexity index is 914. The molecule has 146 valence electrons. The Kier molecular flexibility index (Phi) is 5.24. The van der Waals surface area contributed by atoms with Gasteiger partial charge in [0.25, 0.3) is 11.5 Å². The van der Waals surface area contributed by atoms with E-state index >= 15 is 0 Å². The van der Waals surface area contributed by atoms with E-state index in [1.165, 1.54) is 24.3 Å². The molecule has 1 fully saturated rings. The summed E-state index contributed by atoms with van der Waals surface area (Å²) in [6.07, 6.45) is -4.65. The lowest BCUT2D eigenvalue weighted by Crippen LogP contribution is -2.45. The lowest BCUT2D eigenvalue weighted by atomic mass is 10.1. The van der Waals surface area contributed by atoms with Crippen molar-refractivity contribution in [2.24, 2.45) is 0 Å². The van der Waals surface area contributed by atoms with E-state index in [1.54, 1.807) is 6.07 Å². The van der Waals surface area contributed by atoms with Crippen molar-refractivity contribution in [1.29, 1.82) is 0 Å². The molecule has 3 N–H and O–H groups in total. The Morgan fingerprint density at radius 1 is 1.07 bits per heavy atom. The quantitative estimate of drug-likeness (QED) is 0.635. The van der Waals surface area contributed by atoms with Crippen molar-refractivity contribution in [2.45, 2.75) is 37.0 Å². The molecule has 27 heavy (non-hydrogen) atoms. The van der Waals surface area contributed by atoms with Crippen LogP contribution < -0.4 is 11.2 Å². The van der Waals surface area contributed by atoms with Gasteiger partial charge in [-0.05, 0) is 0 Å². The molecule has 1 aliphatic rings. The van der Waals surface area contributed by atoms with E-state index in [2.05, 4.69) is 0 Å². The van der Waals surface area contributed by atoms with Crippen LogP contribution in [0.15, 0.2) is 52.2 Å². The molecule has 0 spiro atoms. The third kappa shape index (κ3) is 3.56. The molecule has 1 aromatic carbocycles. The Labute approximate surface area is 151 Å². The Morgan fingerprint density at radius 2 is 1.74 bits per heavy atom. The van der Waals surface area contributed by atoms with Crippen molar-refractivity contribution in [3.05, 3.63) is 69.0 Å². The van der Waals surface area contributed by atoms with Crippen LogP contribution in [0.2, 0.25) is 0 Å². The van der Waals surface area contributed by atoms with Gasteiger partial charge in [-0.3, -0.25) is 13.9 Å². The molecule has 10 heteroatoms. The molecule has 4 atom stereocenters. The number of nitrogens with zero attached hydrogens (tertiary/aromatic N) is 2. The van der Waals surface area contributed by atoms with E-state index in [4.69, 9.17) is 9.84 Å². The Hall–Kier alpha value is -2.40. The Balaban J connectivity index is 1.98. The summed E-state index contributed by atoms with van der Waals surface area (Å²) in [6, 6.07) is 7.63. The van der Waals surface area contributed by atoms with Crippen molar-refractivity contribution < 1.29 is 28.8 Å². The number of alkyl halides is 2. The maximum absolute atomic E-state index is 14.5. The number of rotatable bonds is 5. The largest absolute Gasteiger partial charge is 0.394 e. The SMILES string of the molecule is O=c1ccn([C@@H]2O[C@H](CO)[C@@H](O)[C@H]2O)c(=O)n1CC(F)(F)c1ccccc1. The first-order valence-electron chi connectivity index (χ1n) is 8.14. The van der Waals surface area contributed by atoms with E-state index in [0.717, 1.165) is 16.8 Å². The number of halogens is 2. The van der Waals surface area contributed by atoms with Gasteiger partial charge >= 0.3 is 5.69 Å². The van der Waals surface area contributed by atoms with E-state index in [9.17, 15) is 28.6 Å². The first kappa shape index (κ1) is 19.4. The van der Waals surface area contributed by atoms with Gasteiger partial charge < -0.3 is 20.1 Å². The molecule has 0 aliphatic carbocycles. The summed E-state index contributed by atoms with van der Waals surface area (Å²) in [7, 11) is 0. The minimum absolute atomic E-state index is 0.335. The smallest absolute Gasteiger partial charge is 0.333 e. The monoisotopic (exact) mass is 384 g/mol. The number of hydrogen-bond acceptors (Lipinski definition) is 6. The zero-order chi connectivity index (χ0) is 19.8. The molecule has 1 aromatic heterocycles. The van der Waals surface area contributed by atoms with Crippen molar-refractivity contribution in [3.63, 3.8) is 0 Å². The van der Waals surface area contributed by atoms with Crippen molar-refractivity contribution in [1.82, 2.24) is 9.13 Å². The van der Waals surface area contributed by atoms with E-state index in [-0.39, 0.29) is 5.56 Å². The summed E-state index contributed by atoms with van der Waals surface area (Å²) in [5.74, 6) is -3.49. The first-order valence-corrected chi connectivity index (χ1v) is 8.14. The first-order chi connectivity index (χ1) is 12.8. The lowest BCUT2D eigenvalue weighted by molar-refractivity contribution is -0.0577. The number of hydrogen-bond donors (Lipinski definition) is 3. The van der Waals surface area contributed by atoms with Crippen LogP contribution in [0.4, 0.5) is 8.78 Å². The highest BCUT2D eigenvalue weighted by Crippen LogP contribution is 2.30. The van der Waals surface area contributed by atoms with Gasteiger partial charge in [0.15, 0.2) is 6.23 Å². The normalized spacial score (nSPS) is 25.7. The van der Waals surface area contributed by atoms with Crippen molar-refractivity contribution in [3.8, 4) is 0 Å². The second kappa shape index (κ2) is 7.31. The zero-order valence-corrected chi connectivity index (χ0v) is 14.0. The predicted octanol–water partition coefficient (Wildman–Crippen LogP) is -0.587. The predicted molar refractivity (Wildman–Crippen MR) is 88.3 cm³/mol. The van der Waals surface area contributed by atoms with E-state index in [1.807, 2.05) is 0 Å². The zero-order valence-electron chi connectivity index (χ0n) is 14.0. The number of aromatic nitrogens is 2. The second-order valence-electron chi connectivity index (χ2n) is 6.23. The van der Waals surface area contributed by atoms with Gasteiger partial charge in [-0.15, -0.1) is 0 Å². The molecule has 0 radical (unpaired) electrons. The van der Waals surface area contributed by atoms with Crippen molar-refractivity contribution in [2.75, 3.05) is 6.61 Å². The fraction of sp³-hybridized carbons (Fsp3) is 0.412. The maximum Gasteiger partial charge on any atom is 0.333 e. The molecule has 0 saturated carbocycles. The molecule has 0 amide bonds. The molecule has 8 nitrogen and oxygen atoms in total. The summed E-state index contributed by atoms with van der Waals surface area (Å²) in [5, 5.41) is 29.0. The highest BCUT2D eigenvalue weighted by atomic mass is 19.3. The summed E-state index contributed by atoms with van der Waals surface area (Å²) in [4.78, 5) is 24.6. The van der Waals surface area contributed by atoms with E-state index in [0.29, 0.717) is 4.57 Å². The van der Waals surface area contributed by atoms with Gasteiger partial charge in [0.2, 0.25) is 0 Å². The van der Waals surface area contributed by atoms with Crippen LogP contribution in [0.1, 0.15) is 11.8 Å². The lowest BCUT2D eigenvalue weighted by Gasteiger charge is -2.21. The van der Waals surface area contributed by atoms with Gasteiger partial charge in [0, 0.05) is 17.8 Å². The number of aliphatic hydroxyl groups excluding tert-OH is 3. The van der Waals surface area contributed by atoms with Crippen LogP contribution in [-0.2, 0) is 17.2 Å². The van der Waals surface area contributed by atoms with E-state index < -0.39 is 54.9 Å². The van der Waals surface area contributed by atoms with Gasteiger partial charge in [0.05, 0.1) is 13.2 Å². The molecule has 0 unspecified atom stereocenters. The molecule has 0 bridgehead atoms. The van der Waals surface area contributed by atoms with Gasteiger partial charge in [-0.2, -0.15) is 8.78 Å². The summed E-state index contributed by atoms with van der Waals surface area (Å²) >= 11 is 0. The van der Waals surface area contributed by atoms with Crippen LogP contribution in [0, 0.1) is 0 Å². The molecular formula is C17H18F2N2O6. The maximum atomic E-state index is 14.5. The minimum atomic E-state index is -3.49. The Morgan fingerprint density at radius 3 is 2.33 bits per heavy atom. The topological polar surface area (TPSA) is 114 Å². The third-order valence-electron chi connectivity index (χ3n) is 4.44. The van der Waals surface area contributed by atoms with Gasteiger partial charge in [-0.25, -0.2) is 4.79 Å². The standard InChI is InChI=1S/C17H18F2N2O6/c18-17(19,10-4-2-1-3-5-10)9-21-12(23)6-7-20(16(21)26)15-14(25)13(24)11(8-22)27-15/h1-7,11,13-15,22,24-25H,8-9H2/t11-,13-,14-,15-/m1/s1. The minimum Gasteiger partial charge on any atom is -0.394 e. The van der Waals surface area contributed by atoms with Gasteiger partial charge in [0.1, 0.15) is 18.3 Å². The number of ether oxygens (including phenoxy) is 1.